The Morgan fingerprint density at radius 3 is 3.00 bits per heavy atom. The van der Waals surface area contributed by atoms with Crippen LogP contribution in [-0.4, -0.2) is 14.9 Å². The van der Waals surface area contributed by atoms with Crippen LogP contribution in [0.2, 0.25) is 0 Å². The van der Waals surface area contributed by atoms with Gasteiger partial charge in [-0.1, -0.05) is 18.2 Å². The van der Waals surface area contributed by atoms with Gasteiger partial charge in [-0.2, -0.15) is 5.10 Å². The molecular formula is C14H14N2O2. The summed E-state index contributed by atoms with van der Waals surface area (Å²) in [4.78, 5) is 0. The van der Waals surface area contributed by atoms with Crippen molar-refractivity contribution in [1.29, 1.82) is 0 Å². The molecule has 4 heteroatoms. The number of aliphatic hydroxyl groups is 1. The van der Waals surface area contributed by atoms with E-state index in [4.69, 9.17) is 4.42 Å². The van der Waals surface area contributed by atoms with Crippen LogP contribution in [0.1, 0.15) is 24.2 Å². The number of fused-ring (bicyclic) bond motifs is 1. The molecule has 3 aromatic rings. The minimum Gasteiger partial charge on any atom is -0.464 e. The Morgan fingerprint density at radius 1 is 1.39 bits per heavy atom. The van der Waals surface area contributed by atoms with Gasteiger partial charge in [0.15, 0.2) is 0 Å². The number of benzene rings is 1. The van der Waals surface area contributed by atoms with Gasteiger partial charge >= 0.3 is 0 Å². The van der Waals surface area contributed by atoms with Crippen molar-refractivity contribution < 1.29 is 9.52 Å². The van der Waals surface area contributed by atoms with E-state index in [-0.39, 0.29) is 0 Å². The summed E-state index contributed by atoms with van der Waals surface area (Å²) in [5.41, 5.74) is 2.35. The van der Waals surface area contributed by atoms with Gasteiger partial charge in [0.2, 0.25) is 0 Å². The van der Waals surface area contributed by atoms with E-state index < -0.39 is 6.10 Å². The number of hydrogen-bond acceptors (Lipinski definition) is 3. The van der Waals surface area contributed by atoms with Crippen LogP contribution in [0.15, 0.2) is 47.3 Å². The molecule has 1 unspecified atom stereocenters. The standard InChI is InChI=1S/C14H14N2O2/c1-2-16-8-10(7-15-16)14(17)12-9-18-13-6-4-3-5-11(12)13/h3-9,14,17H,2H2,1H3. The topological polar surface area (TPSA) is 51.2 Å². The molecule has 0 spiro atoms. The lowest BCUT2D eigenvalue weighted by molar-refractivity contribution is 0.220. The molecule has 0 radical (unpaired) electrons. The molecule has 0 amide bonds. The zero-order valence-electron chi connectivity index (χ0n) is 10.1. The molecule has 92 valence electrons. The third kappa shape index (κ3) is 1.71. The SMILES string of the molecule is CCn1cc(C(O)c2coc3ccccc23)cn1. The van der Waals surface area contributed by atoms with Crippen LogP contribution in [0.25, 0.3) is 11.0 Å². The lowest BCUT2D eigenvalue weighted by atomic mass is 10.0. The van der Waals surface area contributed by atoms with Gasteiger partial charge in [-0.15, -0.1) is 0 Å². The first-order chi connectivity index (χ1) is 8.79. The average Bonchev–Trinajstić information content (AvgIpc) is 3.04. The lowest BCUT2D eigenvalue weighted by Gasteiger charge is -2.05. The van der Waals surface area contributed by atoms with Crippen LogP contribution < -0.4 is 0 Å². The van der Waals surface area contributed by atoms with Crippen LogP contribution in [0.3, 0.4) is 0 Å². The van der Waals surface area contributed by atoms with Gasteiger partial charge in [0.1, 0.15) is 11.7 Å². The minimum absolute atomic E-state index is 0.700. The van der Waals surface area contributed by atoms with Crippen LogP contribution >= 0.6 is 0 Å². The largest absolute Gasteiger partial charge is 0.464 e. The van der Waals surface area contributed by atoms with Crippen molar-refractivity contribution in [3.63, 3.8) is 0 Å². The zero-order valence-corrected chi connectivity index (χ0v) is 10.1. The number of aryl methyl sites for hydroxylation is 1. The molecule has 4 nitrogen and oxygen atoms in total. The minimum atomic E-state index is -0.700. The van der Waals surface area contributed by atoms with E-state index in [0.717, 1.165) is 28.6 Å². The second-order valence-electron chi connectivity index (χ2n) is 4.22. The van der Waals surface area contributed by atoms with Gasteiger partial charge in [-0.3, -0.25) is 4.68 Å². The highest BCUT2D eigenvalue weighted by Crippen LogP contribution is 2.30. The molecule has 0 fully saturated rings. The second-order valence-corrected chi connectivity index (χ2v) is 4.22. The summed E-state index contributed by atoms with van der Waals surface area (Å²) < 4.78 is 7.23. The first-order valence-corrected chi connectivity index (χ1v) is 5.96. The van der Waals surface area contributed by atoms with E-state index >= 15 is 0 Å². The van der Waals surface area contributed by atoms with Gasteiger partial charge in [0.25, 0.3) is 0 Å². The molecule has 0 saturated heterocycles. The highest BCUT2D eigenvalue weighted by atomic mass is 16.3. The molecule has 2 heterocycles. The summed E-state index contributed by atoms with van der Waals surface area (Å²) in [5, 5.41) is 15.5. The van der Waals surface area contributed by atoms with Gasteiger partial charge in [-0.25, -0.2) is 0 Å². The first-order valence-electron chi connectivity index (χ1n) is 5.96. The lowest BCUT2D eigenvalue weighted by Crippen LogP contribution is -1.97. The maximum atomic E-state index is 10.4. The summed E-state index contributed by atoms with van der Waals surface area (Å²) >= 11 is 0. The monoisotopic (exact) mass is 242 g/mol. The maximum Gasteiger partial charge on any atom is 0.134 e. The molecule has 0 bridgehead atoms. The Morgan fingerprint density at radius 2 is 2.22 bits per heavy atom. The summed E-state index contributed by atoms with van der Waals surface area (Å²) in [7, 11) is 0. The molecule has 2 aromatic heterocycles. The Labute approximate surface area is 104 Å². The Balaban J connectivity index is 2.03. The number of rotatable bonds is 3. The molecule has 1 N–H and O–H groups in total. The second kappa shape index (κ2) is 4.31. The molecule has 1 aromatic carbocycles. The van der Waals surface area contributed by atoms with Crippen molar-refractivity contribution >= 4 is 11.0 Å². The third-order valence-corrected chi connectivity index (χ3v) is 3.10. The quantitative estimate of drug-likeness (QED) is 0.768. The van der Waals surface area contributed by atoms with Gasteiger partial charge < -0.3 is 9.52 Å². The fraction of sp³-hybridized carbons (Fsp3) is 0.214. The number of aromatic nitrogens is 2. The molecule has 0 aliphatic carbocycles. The third-order valence-electron chi connectivity index (χ3n) is 3.10. The van der Waals surface area contributed by atoms with Crippen molar-refractivity contribution in [2.45, 2.75) is 19.6 Å². The summed E-state index contributed by atoms with van der Waals surface area (Å²) in [6, 6.07) is 7.68. The van der Waals surface area contributed by atoms with Crippen molar-refractivity contribution in [3.8, 4) is 0 Å². The van der Waals surface area contributed by atoms with E-state index in [1.807, 2.05) is 37.4 Å². The smallest absolute Gasteiger partial charge is 0.134 e. The highest BCUT2D eigenvalue weighted by Gasteiger charge is 2.17. The van der Waals surface area contributed by atoms with Crippen LogP contribution in [0, 0.1) is 0 Å². The molecular weight excluding hydrogens is 228 g/mol. The predicted octanol–water partition coefficient (Wildman–Crippen LogP) is 2.73. The number of nitrogens with zero attached hydrogens (tertiary/aromatic N) is 2. The Hall–Kier alpha value is -2.07. The van der Waals surface area contributed by atoms with Crippen LogP contribution in [0.5, 0.6) is 0 Å². The highest BCUT2D eigenvalue weighted by molar-refractivity contribution is 5.81. The average molecular weight is 242 g/mol. The van der Waals surface area contributed by atoms with Crippen LogP contribution in [0.4, 0.5) is 0 Å². The van der Waals surface area contributed by atoms with Gasteiger partial charge in [0, 0.05) is 29.3 Å². The first kappa shape index (κ1) is 11.0. The molecule has 0 saturated carbocycles. The zero-order chi connectivity index (χ0) is 12.5. The van der Waals surface area contributed by atoms with E-state index in [9.17, 15) is 5.11 Å². The van der Waals surface area contributed by atoms with E-state index in [0.29, 0.717) is 0 Å². The fourth-order valence-electron chi connectivity index (χ4n) is 2.08. The normalized spacial score (nSPS) is 13.0. The Bertz CT molecular complexity index is 669. The van der Waals surface area contributed by atoms with Crippen molar-refractivity contribution in [3.05, 3.63) is 54.0 Å². The van der Waals surface area contributed by atoms with Crippen molar-refractivity contribution in [1.82, 2.24) is 9.78 Å². The fourth-order valence-corrected chi connectivity index (χ4v) is 2.08. The van der Waals surface area contributed by atoms with E-state index in [1.165, 1.54) is 0 Å². The van der Waals surface area contributed by atoms with E-state index in [2.05, 4.69) is 5.10 Å². The molecule has 3 rings (SSSR count). The summed E-state index contributed by atoms with van der Waals surface area (Å²) in [6.07, 6.45) is 4.45. The molecule has 18 heavy (non-hydrogen) atoms. The van der Waals surface area contributed by atoms with Crippen molar-refractivity contribution in [2.24, 2.45) is 0 Å². The molecule has 0 aliphatic heterocycles. The number of furan rings is 1. The number of aliphatic hydroxyl groups excluding tert-OH is 1. The molecule has 0 aliphatic rings. The van der Waals surface area contributed by atoms with Crippen LogP contribution in [-0.2, 0) is 6.54 Å². The molecule has 1 atom stereocenters. The Kier molecular flexibility index (Phi) is 2.64. The summed E-state index contributed by atoms with van der Waals surface area (Å²) in [6.45, 7) is 2.80. The predicted molar refractivity (Wildman–Crippen MR) is 68.2 cm³/mol. The van der Waals surface area contributed by atoms with Gasteiger partial charge in [-0.05, 0) is 13.0 Å². The van der Waals surface area contributed by atoms with Gasteiger partial charge in [0.05, 0.1) is 12.5 Å². The summed E-state index contributed by atoms with van der Waals surface area (Å²) in [5.74, 6) is 0. The van der Waals surface area contributed by atoms with Crippen molar-refractivity contribution in [2.75, 3.05) is 0 Å². The maximum absolute atomic E-state index is 10.4. The number of para-hydroxylation sites is 1. The van der Waals surface area contributed by atoms with E-state index in [1.54, 1.807) is 17.1 Å². The number of hydrogen-bond donors (Lipinski definition) is 1.